The van der Waals surface area contributed by atoms with Crippen molar-refractivity contribution in [1.82, 2.24) is 4.90 Å². The molecule has 0 aliphatic carbocycles. The Morgan fingerprint density at radius 2 is 1.62 bits per heavy atom. The number of rotatable bonds is 9. The Labute approximate surface area is 326 Å². The molecule has 10 atom stereocenters. The fourth-order valence-electron chi connectivity index (χ4n) is 7.98. The number of carbonyl (C=O) groups is 3. The van der Waals surface area contributed by atoms with E-state index >= 15 is 0 Å². The zero-order valence-corrected chi connectivity index (χ0v) is 33.7. The summed E-state index contributed by atoms with van der Waals surface area (Å²) in [7, 11) is 5.20. The third kappa shape index (κ3) is 13.1. The van der Waals surface area contributed by atoms with Crippen molar-refractivity contribution in [3.8, 4) is 0 Å². The maximum atomic E-state index is 13.4. The molecule has 4 aliphatic rings. The van der Waals surface area contributed by atoms with Crippen LogP contribution in [0.2, 0.25) is 0 Å². The highest BCUT2D eigenvalue weighted by Gasteiger charge is 2.57. The molecule has 3 saturated heterocycles. The van der Waals surface area contributed by atoms with Gasteiger partial charge in [0, 0.05) is 37.2 Å². The summed E-state index contributed by atoms with van der Waals surface area (Å²) in [5.41, 5.74) is 0.967. The lowest BCUT2D eigenvalue weighted by molar-refractivity contribution is -0.327. The van der Waals surface area contributed by atoms with Crippen molar-refractivity contribution >= 4 is 17.9 Å². The van der Waals surface area contributed by atoms with Crippen LogP contribution in [0, 0.1) is 5.41 Å². The monoisotopic (exact) mass is 775 g/mol. The van der Waals surface area contributed by atoms with Crippen LogP contribution in [-0.4, -0.2) is 127 Å². The smallest absolute Gasteiger partial charge is 0.330 e. The third-order valence-corrected chi connectivity index (χ3v) is 11.0. The highest BCUT2D eigenvalue weighted by molar-refractivity contribution is 5.83. The number of methoxy groups -OCH3 is 1. The van der Waals surface area contributed by atoms with E-state index in [1.54, 1.807) is 19.9 Å². The number of unbranched alkanes of at least 4 members (excludes halogenated alkanes) is 2. The molecule has 0 amide bonds. The molecule has 0 aromatic carbocycles. The average Bonchev–Trinajstić information content (AvgIpc) is 3.07. The molecule has 0 aromatic heterocycles. The van der Waals surface area contributed by atoms with Crippen molar-refractivity contribution in [2.24, 2.45) is 5.41 Å². The number of nitrogens with zero attached hydrogens (tertiary/aromatic N) is 1. The minimum atomic E-state index is -2.26. The molecule has 0 radical (unpaired) electrons. The van der Waals surface area contributed by atoms with Crippen LogP contribution in [0.5, 0.6) is 0 Å². The maximum absolute atomic E-state index is 13.4. The SMILES string of the molecule is C=C1C[C@@H]2C[C@@H]3CC(=C)C[C@H](/C=C/C(C)(C)[C@]4(O)O[C@@H](C/C(=C\C(=O)OC)[C@@H]4OC(=O)CCCCCN(C)C)C[C@H]([C@@H](C)O)OC(=O)C[C@H](O)C[C@H](C1)O2)O3. The van der Waals surface area contributed by atoms with Crippen LogP contribution in [0.1, 0.15) is 104 Å². The van der Waals surface area contributed by atoms with Gasteiger partial charge in [-0.15, -0.1) is 0 Å². The van der Waals surface area contributed by atoms with Crippen molar-refractivity contribution in [1.29, 1.82) is 0 Å². The number of aliphatic hydroxyl groups excluding tert-OH is 2. The van der Waals surface area contributed by atoms with Crippen molar-refractivity contribution in [2.75, 3.05) is 27.7 Å². The number of fused-ring (bicyclic) bond motifs is 6. The molecule has 0 aromatic rings. The largest absolute Gasteiger partial charge is 0.466 e. The Morgan fingerprint density at radius 1 is 0.964 bits per heavy atom. The van der Waals surface area contributed by atoms with E-state index in [2.05, 4.69) is 18.1 Å². The third-order valence-electron chi connectivity index (χ3n) is 11.0. The molecule has 0 saturated carbocycles. The van der Waals surface area contributed by atoms with Gasteiger partial charge >= 0.3 is 17.9 Å². The molecule has 3 N–H and O–H groups in total. The number of aliphatic hydroxyl groups is 3. The maximum Gasteiger partial charge on any atom is 0.330 e. The predicted octanol–water partition coefficient (Wildman–Crippen LogP) is 4.61. The standard InChI is InChI=1S/C42H65NO12/c1-26-16-31-13-14-41(4,5)42(49)40(54-37(46)12-10-9-11-15-43(6)7)29(21-38(47)50-8)20-35(55-42)25-36(28(3)44)53-39(48)23-30(45)22-32-17-27(2)19-34(52-32)24-33(18-26)51-31/h13-14,21,28,30-36,40,44-45,49H,1-2,9-12,15-20,22-25H2,3-8H3/b14-13+,29-21+/t28-,30-,31+,32+,33+,34-,35+,36-,40+,42-/m1/s1. The Kier molecular flexibility index (Phi) is 16.3. The summed E-state index contributed by atoms with van der Waals surface area (Å²) in [6.07, 6.45) is 3.10. The van der Waals surface area contributed by atoms with Gasteiger partial charge in [0.1, 0.15) is 6.10 Å². The van der Waals surface area contributed by atoms with Crippen LogP contribution in [0.15, 0.2) is 48.1 Å². The first-order valence-corrected chi connectivity index (χ1v) is 19.8. The van der Waals surface area contributed by atoms with Crippen molar-refractivity contribution in [3.63, 3.8) is 0 Å². The first-order valence-electron chi connectivity index (χ1n) is 19.8. The second-order valence-corrected chi connectivity index (χ2v) is 16.8. The van der Waals surface area contributed by atoms with Crippen LogP contribution in [0.4, 0.5) is 0 Å². The number of cyclic esters (lactones) is 1. The van der Waals surface area contributed by atoms with Crippen molar-refractivity contribution in [2.45, 2.75) is 165 Å². The molecule has 4 heterocycles. The van der Waals surface area contributed by atoms with Crippen LogP contribution >= 0.6 is 0 Å². The zero-order chi connectivity index (χ0) is 40.5. The summed E-state index contributed by atoms with van der Waals surface area (Å²) in [6.45, 7) is 14.3. The highest BCUT2D eigenvalue weighted by atomic mass is 16.7. The molecule has 310 valence electrons. The van der Waals surface area contributed by atoms with Gasteiger partial charge in [-0.1, -0.05) is 56.7 Å². The molecular formula is C42H65NO12. The van der Waals surface area contributed by atoms with Crippen LogP contribution in [0.25, 0.3) is 0 Å². The molecule has 3 fully saturated rings. The van der Waals surface area contributed by atoms with E-state index < -0.39 is 65.7 Å². The van der Waals surface area contributed by atoms with E-state index in [1.807, 2.05) is 20.2 Å². The number of ether oxygens (including phenoxy) is 6. The van der Waals surface area contributed by atoms with Gasteiger partial charge in [0.25, 0.3) is 0 Å². The predicted molar refractivity (Wildman–Crippen MR) is 204 cm³/mol. The van der Waals surface area contributed by atoms with Crippen molar-refractivity contribution < 1.29 is 58.1 Å². The Hall–Kier alpha value is -2.91. The molecule has 6 bridgehead atoms. The molecule has 55 heavy (non-hydrogen) atoms. The lowest BCUT2D eigenvalue weighted by Crippen LogP contribution is -2.62. The zero-order valence-electron chi connectivity index (χ0n) is 33.7. The topological polar surface area (TPSA) is 171 Å². The Balaban J connectivity index is 1.72. The fraction of sp³-hybridized carbons (Fsp3) is 0.738. The molecule has 4 rings (SSSR count). The lowest BCUT2D eigenvalue weighted by Gasteiger charge is -2.51. The quantitative estimate of drug-likeness (QED) is 0.0977. The molecular weight excluding hydrogens is 710 g/mol. The molecule has 13 heteroatoms. The van der Waals surface area contributed by atoms with E-state index in [0.717, 1.165) is 30.5 Å². The lowest BCUT2D eigenvalue weighted by atomic mass is 9.74. The van der Waals surface area contributed by atoms with Gasteiger partial charge in [-0.05, 0) is 78.1 Å². The Bertz CT molecular complexity index is 1420. The van der Waals surface area contributed by atoms with E-state index in [9.17, 15) is 29.7 Å². The highest BCUT2D eigenvalue weighted by Crippen LogP contribution is 2.47. The van der Waals surface area contributed by atoms with Crippen LogP contribution in [0.3, 0.4) is 0 Å². The summed E-state index contributed by atoms with van der Waals surface area (Å²) in [5, 5.41) is 34.5. The molecule has 4 aliphatic heterocycles. The second-order valence-electron chi connectivity index (χ2n) is 16.8. The van der Waals surface area contributed by atoms with Gasteiger partial charge in [-0.3, -0.25) is 9.59 Å². The molecule has 13 nitrogen and oxygen atoms in total. The number of carbonyl (C=O) groups excluding carboxylic acids is 3. The molecule has 0 unspecified atom stereocenters. The van der Waals surface area contributed by atoms with Crippen LogP contribution in [-0.2, 0) is 42.8 Å². The summed E-state index contributed by atoms with van der Waals surface area (Å²) in [4.78, 5) is 41.5. The van der Waals surface area contributed by atoms with E-state index in [-0.39, 0.29) is 56.0 Å². The normalized spacial score (nSPS) is 35.4. The minimum absolute atomic E-state index is 0.0152. The van der Waals surface area contributed by atoms with Crippen LogP contribution < -0.4 is 0 Å². The van der Waals surface area contributed by atoms with E-state index in [1.165, 1.54) is 20.1 Å². The van der Waals surface area contributed by atoms with Gasteiger partial charge in [0.15, 0.2) is 6.10 Å². The Morgan fingerprint density at radius 3 is 2.27 bits per heavy atom. The minimum Gasteiger partial charge on any atom is -0.466 e. The number of esters is 3. The van der Waals surface area contributed by atoms with Gasteiger partial charge in [0.05, 0.1) is 56.3 Å². The van der Waals surface area contributed by atoms with Crippen molar-refractivity contribution in [3.05, 3.63) is 48.1 Å². The summed E-state index contributed by atoms with van der Waals surface area (Å²) >= 11 is 0. The fourth-order valence-corrected chi connectivity index (χ4v) is 7.98. The molecule has 0 spiro atoms. The first-order chi connectivity index (χ1) is 25.9. The van der Waals surface area contributed by atoms with Gasteiger partial charge in [0.2, 0.25) is 5.79 Å². The van der Waals surface area contributed by atoms with Gasteiger partial charge < -0.3 is 48.6 Å². The summed E-state index contributed by atoms with van der Waals surface area (Å²) in [5.74, 6) is -4.27. The van der Waals surface area contributed by atoms with Gasteiger partial charge in [-0.25, -0.2) is 4.79 Å². The van der Waals surface area contributed by atoms with E-state index in [4.69, 9.17) is 28.4 Å². The second kappa shape index (κ2) is 20.0. The van der Waals surface area contributed by atoms with Gasteiger partial charge in [-0.2, -0.15) is 0 Å². The first kappa shape index (κ1) is 44.8. The average molecular weight is 776 g/mol. The number of hydrogen-bond donors (Lipinski definition) is 3. The number of hydrogen-bond acceptors (Lipinski definition) is 13. The summed E-state index contributed by atoms with van der Waals surface area (Å²) < 4.78 is 36.2. The van der Waals surface area contributed by atoms with E-state index in [0.29, 0.717) is 38.5 Å². The summed E-state index contributed by atoms with van der Waals surface area (Å²) in [6, 6.07) is 0.